The molecule has 2 N–H and O–H groups in total. The Labute approximate surface area is 200 Å². The Balaban J connectivity index is 1.63. The average Bonchev–Trinajstić information content (AvgIpc) is 3.04. The standard InChI is InChI=1S/C22H39NO11/c1-21(2,3)34-20(26)23-15-12-31-16(19-18(15)32-22(4,5)33-19)13-29-10-8-27-6-7-28-9-11-30-14-17(24)25/h15-16,18-19H,6-14H2,1-5H3,(H,23,26)(H,24,25)/t15-,16+,18+,19-/m0/s1. The van der Waals surface area contributed by atoms with Gasteiger partial charge in [-0.25, -0.2) is 9.59 Å². The largest absolute Gasteiger partial charge is 0.480 e. The van der Waals surface area contributed by atoms with Gasteiger partial charge in [-0.3, -0.25) is 0 Å². The Morgan fingerprint density at radius 1 is 0.941 bits per heavy atom. The predicted octanol–water partition coefficient (Wildman–Crippen LogP) is 0.950. The van der Waals surface area contributed by atoms with Crippen LogP contribution in [0.1, 0.15) is 34.6 Å². The van der Waals surface area contributed by atoms with Gasteiger partial charge in [-0.1, -0.05) is 0 Å². The molecular formula is C22H39NO11. The fourth-order valence-electron chi connectivity index (χ4n) is 3.48. The van der Waals surface area contributed by atoms with E-state index >= 15 is 0 Å². The zero-order valence-corrected chi connectivity index (χ0v) is 20.7. The summed E-state index contributed by atoms with van der Waals surface area (Å²) in [5, 5.41) is 11.3. The van der Waals surface area contributed by atoms with E-state index in [9.17, 15) is 9.59 Å². The highest BCUT2D eigenvalue weighted by Gasteiger charge is 2.52. The third-order valence-electron chi connectivity index (χ3n) is 4.74. The first kappa shape index (κ1) is 28.7. The van der Waals surface area contributed by atoms with Gasteiger partial charge in [-0.05, 0) is 34.6 Å². The Morgan fingerprint density at radius 3 is 2.09 bits per heavy atom. The van der Waals surface area contributed by atoms with Crippen molar-refractivity contribution in [3.63, 3.8) is 0 Å². The second-order valence-electron chi connectivity index (χ2n) is 9.44. The molecular weight excluding hydrogens is 454 g/mol. The van der Waals surface area contributed by atoms with Crippen molar-refractivity contribution >= 4 is 12.1 Å². The molecule has 0 bridgehead atoms. The number of rotatable bonds is 14. The molecule has 4 atom stereocenters. The van der Waals surface area contributed by atoms with E-state index in [1.165, 1.54) is 0 Å². The highest BCUT2D eigenvalue weighted by molar-refractivity contribution is 5.68. The molecule has 12 heteroatoms. The number of alkyl carbamates (subject to hydrolysis) is 1. The van der Waals surface area contributed by atoms with Gasteiger partial charge in [0.15, 0.2) is 5.79 Å². The lowest BCUT2D eigenvalue weighted by molar-refractivity contribution is -0.160. The summed E-state index contributed by atoms with van der Waals surface area (Å²) in [6.45, 7) is 11.3. The lowest BCUT2D eigenvalue weighted by atomic mass is 9.98. The minimum Gasteiger partial charge on any atom is -0.480 e. The molecule has 0 aromatic heterocycles. The van der Waals surface area contributed by atoms with Gasteiger partial charge < -0.3 is 48.3 Å². The monoisotopic (exact) mass is 493 g/mol. The zero-order chi connectivity index (χ0) is 25.2. The van der Waals surface area contributed by atoms with Crippen molar-refractivity contribution in [1.82, 2.24) is 5.32 Å². The summed E-state index contributed by atoms with van der Waals surface area (Å²) in [4.78, 5) is 22.5. The number of carboxylic acids is 1. The first-order valence-corrected chi connectivity index (χ1v) is 11.5. The summed E-state index contributed by atoms with van der Waals surface area (Å²) in [7, 11) is 0. The summed E-state index contributed by atoms with van der Waals surface area (Å²) in [5.74, 6) is -1.82. The highest BCUT2D eigenvalue weighted by Crippen LogP contribution is 2.35. The molecule has 2 saturated heterocycles. The highest BCUT2D eigenvalue weighted by atomic mass is 16.8. The van der Waals surface area contributed by atoms with Crippen molar-refractivity contribution in [2.45, 2.75) is 70.4 Å². The smallest absolute Gasteiger partial charge is 0.408 e. The van der Waals surface area contributed by atoms with Crippen LogP contribution in [0.3, 0.4) is 0 Å². The van der Waals surface area contributed by atoms with E-state index in [1.54, 1.807) is 20.8 Å². The molecule has 0 aliphatic carbocycles. The molecule has 2 fully saturated rings. The van der Waals surface area contributed by atoms with Crippen molar-refractivity contribution in [3.05, 3.63) is 0 Å². The van der Waals surface area contributed by atoms with Crippen molar-refractivity contribution in [1.29, 1.82) is 0 Å². The van der Waals surface area contributed by atoms with Gasteiger partial charge in [0.05, 0.1) is 58.9 Å². The first-order valence-electron chi connectivity index (χ1n) is 11.5. The van der Waals surface area contributed by atoms with E-state index in [4.69, 9.17) is 43.0 Å². The molecule has 198 valence electrons. The number of amides is 1. The Bertz CT molecular complexity index is 637. The number of hydrogen-bond acceptors (Lipinski definition) is 10. The molecule has 2 rings (SSSR count). The number of ether oxygens (including phenoxy) is 8. The van der Waals surface area contributed by atoms with E-state index in [0.29, 0.717) is 39.6 Å². The number of nitrogens with one attached hydrogen (secondary N) is 1. The first-order chi connectivity index (χ1) is 16.0. The second kappa shape index (κ2) is 13.5. The quantitative estimate of drug-likeness (QED) is 0.334. The van der Waals surface area contributed by atoms with Crippen LogP contribution in [0.2, 0.25) is 0 Å². The number of carbonyl (C=O) groups is 2. The SMILES string of the molecule is CC(C)(C)OC(=O)N[C@H]1CO[C@H](COCCOCCOCCOCC(=O)O)[C@@H]2OC(C)(C)O[C@@H]21. The van der Waals surface area contributed by atoms with E-state index in [0.717, 1.165) is 0 Å². The van der Waals surface area contributed by atoms with Gasteiger partial charge in [0, 0.05) is 0 Å². The summed E-state index contributed by atoms with van der Waals surface area (Å²) in [6.07, 6.45) is -1.67. The van der Waals surface area contributed by atoms with Crippen LogP contribution in [0.25, 0.3) is 0 Å². The van der Waals surface area contributed by atoms with Crippen LogP contribution in [0.5, 0.6) is 0 Å². The van der Waals surface area contributed by atoms with Crippen LogP contribution >= 0.6 is 0 Å². The van der Waals surface area contributed by atoms with Gasteiger partial charge >= 0.3 is 12.1 Å². The Morgan fingerprint density at radius 2 is 1.50 bits per heavy atom. The zero-order valence-electron chi connectivity index (χ0n) is 20.7. The predicted molar refractivity (Wildman–Crippen MR) is 118 cm³/mol. The van der Waals surface area contributed by atoms with Gasteiger partial charge in [0.1, 0.15) is 30.5 Å². The normalized spacial score (nSPS) is 26.1. The van der Waals surface area contributed by atoms with Crippen LogP contribution < -0.4 is 5.32 Å². The fraction of sp³-hybridized carbons (Fsp3) is 0.909. The minimum absolute atomic E-state index is 0.218. The molecule has 2 aliphatic heterocycles. The van der Waals surface area contributed by atoms with Gasteiger partial charge in [-0.2, -0.15) is 0 Å². The molecule has 34 heavy (non-hydrogen) atoms. The van der Waals surface area contributed by atoms with Crippen molar-refractivity contribution in [3.8, 4) is 0 Å². The fourth-order valence-corrected chi connectivity index (χ4v) is 3.48. The van der Waals surface area contributed by atoms with Crippen LogP contribution in [-0.4, -0.2) is 112 Å². The number of aliphatic carboxylic acids is 1. The van der Waals surface area contributed by atoms with Gasteiger partial charge in [-0.15, -0.1) is 0 Å². The maximum atomic E-state index is 12.2. The molecule has 1 amide bonds. The Kier molecular flexibility index (Phi) is 11.4. The lowest BCUT2D eigenvalue weighted by Gasteiger charge is -2.37. The van der Waals surface area contributed by atoms with Crippen LogP contribution in [-0.2, 0) is 42.7 Å². The average molecular weight is 494 g/mol. The summed E-state index contributed by atoms with van der Waals surface area (Å²) in [5.41, 5.74) is -0.605. The van der Waals surface area contributed by atoms with E-state index in [2.05, 4.69) is 5.32 Å². The molecule has 0 aromatic carbocycles. The molecule has 12 nitrogen and oxygen atoms in total. The van der Waals surface area contributed by atoms with Gasteiger partial charge in [0.2, 0.25) is 0 Å². The van der Waals surface area contributed by atoms with Crippen molar-refractivity contribution in [2.75, 3.05) is 59.5 Å². The molecule has 0 aromatic rings. The second-order valence-corrected chi connectivity index (χ2v) is 9.44. The molecule has 0 spiro atoms. The summed E-state index contributed by atoms with van der Waals surface area (Å²) in [6, 6.07) is -0.407. The summed E-state index contributed by atoms with van der Waals surface area (Å²) < 4.78 is 44.6. The number of fused-ring (bicyclic) bond motifs is 1. The number of carboxylic acid groups (broad SMARTS) is 1. The topological polar surface area (TPSA) is 140 Å². The third kappa shape index (κ3) is 10.8. The van der Waals surface area contributed by atoms with E-state index < -0.39 is 41.7 Å². The molecule has 2 heterocycles. The van der Waals surface area contributed by atoms with E-state index in [-0.39, 0.29) is 25.9 Å². The summed E-state index contributed by atoms with van der Waals surface area (Å²) >= 11 is 0. The Hall–Kier alpha value is -1.54. The number of hydrogen-bond donors (Lipinski definition) is 2. The minimum atomic E-state index is -1.01. The molecule has 0 saturated carbocycles. The molecule has 2 aliphatic rings. The molecule has 0 radical (unpaired) electrons. The lowest BCUT2D eigenvalue weighted by Crippen LogP contribution is -2.59. The number of carbonyl (C=O) groups excluding carboxylic acids is 1. The van der Waals surface area contributed by atoms with Crippen LogP contribution in [0.15, 0.2) is 0 Å². The van der Waals surface area contributed by atoms with Gasteiger partial charge in [0.25, 0.3) is 0 Å². The van der Waals surface area contributed by atoms with Crippen molar-refractivity contribution in [2.24, 2.45) is 0 Å². The molecule has 0 unspecified atom stereocenters. The van der Waals surface area contributed by atoms with Crippen LogP contribution in [0.4, 0.5) is 4.79 Å². The van der Waals surface area contributed by atoms with Crippen molar-refractivity contribution < 1.29 is 52.6 Å². The van der Waals surface area contributed by atoms with E-state index in [1.807, 2.05) is 13.8 Å². The maximum Gasteiger partial charge on any atom is 0.408 e. The maximum absolute atomic E-state index is 12.2. The van der Waals surface area contributed by atoms with Crippen LogP contribution in [0, 0.1) is 0 Å². The third-order valence-corrected chi connectivity index (χ3v) is 4.74.